The van der Waals surface area contributed by atoms with E-state index in [0.29, 0.717) is 0 Å². The fourth-order valence-electron chi connectivity index (χ4n) is 3.47. The average molecular weight is 319 g/mol. The average Bonchev–Trinajstić information content (AvgIpc) is 3.13. The normalized spacial score (nSPS) is 17.2. The van der Waals surface area contributed by atoms with Gasteiger partial charge in [-0.15, -0.1) is 0 Å². The van der Waals surface area contributed by atoms with E-state index in [1.165, 1.54) is 30.5 Å². The highest BCUT2D eigenvalue weighted by molar-refractivity contribution is 5.26. The minimum atomic E-state index is 0.00915. The molecule has 4 rings (SSSR count). The van der Waals surface area contributed by atoms with Crippen molar-refractivity contribution in [2.75, 3.05) is 6.54 Å². The SMILES string of the molecule is c1ccc(C(NCC2(c3ccccn3)CCC2)c2ncn[nH]2)cc1. The van der Waals surface area contributed by atoms with E-state index >= 15 is 0 Å². The van der Waals surface area contributed by atoms with Crippen LogP contribution in [0.4, 0.5) is 0 Å². The Hall–Kier alpha value is -2.53. The highest BCUT2D eigenvalue weighted by Gasteiger charge is 2.40. The molecule has 0 amide bonds. The van der Waals surface area contributed by atoms with Gasteiger partial charge in [-0.2, -0.15) is 5.10 Å². The van der Waals surface area contributed by atoms with Crippen molar-refractivity contribution in [3.8, 4) is 0 Å². The van der Waals surface area contributed by atoms with Gasteiger partial charge in [0.2, 0.25) is 0 Å². The molecular weight excluding hydrogens is 298 g/mol. The summed E-state index contributed by atoms with van der Waals surface area (Å²) >= 11 is 0. The van der Waals surface area contributed by atoms with Crippen molar-refractivity contribution in [1.29, 1.82) is 0 Å². The molecule has 0 bridgehead atoms. The number of aromatic amines is 1. The molecule has 2 aromatic heterocycles. The van der Waals surface area contributed by atoms with E-state index < -0.39 is 0 Å². The van der Waals surface area contributed by atoms with Crippen LogP contribution in [0.15, 0.2) is 61.1 Å². The summed E-state index contributed by atoms with van der Waals surface area (Å²) in [5, 5.41) is 10.7. The first-order valence-corrected chi connectivity index (χ1v) is 8.43. The number of hydrogen-bond donors (Lipinski definition) is 2. The zero-order chi connectivity index (χ0) is 16.2. The minimum Gasteiger partial charge on any atom is -0.303 e. The molecule has 24 heavy (non-hydrogen) atoms. The van der Waals surface area contributed by atoms with Gasteiger partial charge in [0.25, 0.3) is 0 Å². The molecule has 2 N–H and O–H groups in total. The van der Waals surface area contributed by atoms with E-state index in [9.17, 15) is 0 Å². The van der Waals surface area contributed by atoms with Crippen molar-refractivity contribution in [1.82, 2.24) is 25.5 Å². The van der Waals surface area contributed by atoms with E-state index in [0.717, 1.165) is 12.4 Å². The predicted octanol–water partition coefficient (Wildman–Crippen LogP) is 3.00. The molecule has 0 aliphatic heterocycles. The van der Waals surface area contributed by atoms with Gasteiger partial charge < -0.3 is 5.32 Å². The summed E-state index contributed by atoms with van der Waals surface area (Å²) in [5.41, 5.74) is 2.51. The maximum atomic E-state index is 4.61. The zero-order valence-corrected chi connectivity index (χ0v) is 13.5. The van der Waals surface area contributed by atoms with Crippen LogP contribution in [0.3, 0.4) is 0 Å². The van der Waals surface area contributed by atoms with E-state index in [4.69, 9.17) is 0 Å². The van der Waals surface area contributed by atoms with Gasteiger partial charge in [-0.3, -0.25) is 10.1 Å². The number of H-pyrrole nitrogens is 1. The molecule has 5 nitrogen and oxygen atoms in total. The molecule has 0 spiro atoms. The number of aromatic nitrogens is 4. The van der Waals surface area contributed by atoms with Gasteiger partial charge in [0.1, 0.15) is 12.2 Å². The summed E-state index contributed by atoms with van der Waals surface area (Å²) < 4.78 is 0. The van der Waals surface area contributed by atoms with Crippen LogP contribution in [0.5, 0.6) is 0 Å². The van der Waals surface area contributed by atoms with E-state index in [1.807, 2.05) is 18.3 Å². The first kappa shape index (κ1) is 15.0. The number of pyridine rings is 1. The summed E-state index contributed by atoms with van der Waals surface area (Å²) in [4.78, 5) is 8.98. The molecule has 1 fully saturated rings. The number of benzene rings is 1. The summed E-state index contributed by atoms with van der Waals surface area (Å²) in [6.07, 6.45) is 7.06. The molecule has 2 heterocycles. The highest BCUT2D eigenvalue weighted by Crippen LogP contribution is 2.42. The molecule has 1 aliphatic carbocycles. The van der Waals surface area contributed by atoms with Crippen LogP contribution in [0, 0.1) is 0 Å². The maximum Gasteiger partial charge on any atom is 0.145 e. The third-order valence-electron chi connectivity index (χ3n) is 5.00. The van der Waals surface area contributed by atoms with Crippen LogP contribution in [0.2, 0.25) is 0 Å². The topological polar surface area (TPSA) is 66.5 Å². The Balaban J connectivity index is 1.57. The second-order valence-electron chi connectivity index (χ2n) is 6.44. The molecule has 1 unspecified atom stereocenters. The number of hydrogen-bond acceptors (Lipinski definition) is 4. The van der Waals surface area contributed by atoms with Crippen LogP contribution in [0.25, 0.3) is 0 Å². The zero-order valence-electron chi connectivity index (χ0n) is 13.5. The van der Waals surface area contributed by atoms with E-state index in [-0.39, 0.29) is 11.5 Å². The summed E-state index contributed by atoms with van der Waals surface area (Å²) in [5.74, 6) is 0.844. The van der Waals surface area contributed by atoms with Crippen LogP contribution >= 0.6 is 0 Å². The largest absolute Gasteiger partial charge is 0.303 e. The Morgan fingerprint density at radius 1 is 1.04 bits per heavy atom. The lowest BCUT2D eigenvalue weighted by Crippen LogP contribution is -2.45. The molecule has 3 aromatic rings. The van der Waals surface area contributed by atoms with Gasteiger partial charge in [0.05, 0.1) is 6.04 Å². The number of nitrogens with one attached hydrogen (secondary N) is 2. The van der Waals surface area contributed by atoms with E-state index in [1.54, 1.807) is 6.33 Å². The van der Waals surface area contributed by atoms with Crippen molar-refractivity contribution in [3.63, 3.8) is 0 Å². The Kier molecular flexibility index (Phi) is 4.09. The molecule has 1 aliphatic rings. The fourth-order valence-corrected chi connectivity index (χ4v) is 3.47. The fraction of sp³-hybridized carbons (Fsp3) is 0.316. The lowest BCUT2D eigenvalue weighted by atomic mass is 9.66. The second kappa shape index (κ2) is 6.53. The van der Waals surface area contributed by atoms with Gasteiger partial charge in [-0.25, -0.2) is 4.98 Å². The van der Waals surface area contributed by atoms with Gasteiger partial charge in [-0.1, -0.05) is 42.8 Å². The van der Waals surface area contributed by atoms with Gasteiger partial charge in [-0.05, 0) is 30.5 Å². The molecule has 1 aromatic carbocycles. The molecule has 0 saturated heterocycles. The Morgan fingerprint density at radius 2 is 1.88 bits per heavy atom. The lowest BCUT2D eigenvalue weighted by molar-refractivity contribution is 0.221. The monoisotopic (exact) mass is 319 g/mol. The Bertz CT molecular complexity index is 751. The van der Waals surface area contributed by atoms with Crippen LogP contribution in [-0.2, 0) is 5.41 Å². The molecule has 1 atom stereocenters. The molecular formula is C19H21N5. The predicted molar refractivity (Wildman–Crippen MR) is 92.4 cm³/mol. The first-order valence-electron chi connectivity index (χ1n) is 8.43. The van der Waals surface area contributed by atoms with Crippen molar-refractivity contribution >= 4 is 0 Å². The summed E-state index contributed by atoms with van der Waals surface area (Å²) in [6.45, 7) is 0.879. The minimum absolute atomic E-state index is 0.00915. The van der Waals surface area contributed by atoms with Gasteiger partial charge >= 0.3 is 0 Å². The van der Waals surface area contributed by atoms with Crippen molar-refractivity contribution in [2.24, 2.45) is 0 Å². The van der Waals surface area contributed by atoms with Crippen LogP contribution < -0.4 is 5.32 Å². The number of rotatable bonds is 6. The third kappa shape index (κ3) is 2.83. The van der Waals surface area contributed by atoms with Crippen molar-refractivity contribution < 1.29 is 0 Å². The molecule has 5 heteroatoms. The van der Waals surface area contributed by atoms with Crippen molar-refractivity contribution in [3.05, 3.63) is 78.1 Å². The summed E-state index contributed by atoms with van der Waals surface area (Å²) in [6, 6.07) is 16.6. The maximum absolute atomic E-state index is 4.61. The molecule has 0 radical (unpaired) electrons. The Morgan fingerprint density at radius 3 is 2.50 bits per heavy atom. The highest BCUT2D eigenvalue weighted by atomic mass is 15.2. The molecule has 122 valence electrons. The number of nitrogens with zero attached hydrogens (tertiary/aromatic N) is 3. The first-order chi connectivity index (χ1) is 11.9. The molecule has 1 saturated carbocycles. The Labute approximate surface area is 141 Å². The smallest absolute Gasteiger partial charge is 0.145 e. The van der Waals surface area contributed by atoms with E-state index in [2.05, 4.69) is 61.9 Å². The van der Waals surface area contributed by atoms with Crippen molar-refractivity contribution in [2.45, 2.75) is 30.7 Å². The standard InChI is InChI=1S/C19H21N5/c1-2-7-15(8-3-1)17(18-22-14-23-24-18)21-13-19(10-6-11-19)16-9-4-5-12-20-16/h1-5,7-9,12,14,17,21H,6,10-11,13H2,(H,22,23,24). The van der Waals surface area contributed by atoms with Gasteiger partial charge in [0.15, 0.2) is 0 Å². The van der Waals surface area contributed by atoms with Crippen LogP contribution in [0.1, 0.15) is 42.4 Å². The van der Waals surface area contributed by atoms with Crippen LogP contribution in [-0.4, -0.2) is 26.7 Å². The second-order valence-corrected chi connectivity index (χ2v) is 6.44. The quantitative estimate of drug-likeness (QED) is 0.733. The summed E-state index contributed by atoms with van der Waals surface area (Å²) in [7, 11) is 0. The van der Waals surface area contributed by atoms with Gasteiger partial charge in [0, 0.05) is 23.9 Å². The third-order valence-corrected chi connectivity index (χ3v) is 5.00. The lowest BCUT2D eigenvalue weighted by Gasteiger charge is -2.42.